The highest BCUT2D eigenvalue weighted by atomic mass is 16.1. The zero-order valence-electron chi connectivity index (χ0n) is 9.35. The van der Waals surface area contributed by atoms with Crippen LogP contribution in [0.5, 0.6) is 0 Å². The molecule has 3 nitrogen and oxygen atoms in total. The molecule has 0 aliphatic rings. The normalized spacial score (nSPS) is 10.1. The Kier molecular flexibility index (Phi) is 3.50. The fourth-order valence-electron chi connectivity index (χ4n) is 1.66. The number of carbonyl (C=O) groups is 2. The number of carbonyl (C=O) groups excluding carboxylic acids is 2. The zero-order chi connectivity index (χ0) is 12.1. The molecule has 1 N–H and O–H groups in total. The number of aromatic nitrogens is 1. The fourth-order valence-corrected chi connectivity index (χ4v) is 1.66. The highest BCUT2D eigenvalue weighted by Crippen LogP contribution is 2.05. The molecule has 0 amide bonds. The third-order valence-electron chi connectivity index (χ3n) is 2.50. The van der Waals surface area contributed by atoms with Crippen molar-refractivity contribution in [2.24, 2.45) is 0 Å². The lowest BCUT2D eigenvalue weighted by Gasteiger charge is -2.00. The topological polar surface area (TPSA) is 49.9 Å². The summed E-state index contributed by atoms with van der Waals surface area (Å²) in [4.78, 5) is 26.1. The molecule has 1 aromatic carbocycles. The van der Waals surface area contributed by atoms with Crippen LogP contribution in [0, 0.1) is 0 Å². The summed E-state index contributed by atoms with van der Waals surface area (Å²) < 4.78 is 0. The van der Waals surface area contributed by atoms with Crippen molar-refractivity contribution >= 4 is 11.6 Å². The van der Waals surface area contributed by atoms with Crippen LogP contribution in [0.25, 0.3) is 0 Å². The summed E-state index contributed by atoms with van der Waals surface area (Å²) >= 11 is 0. The predicted molar refractivity (Wildman–Crippen MR) is 64.9 cm³/mol. The van der Waals surface area contributed by atoms with Gasteiger partial charge in [-0.15, -0.1) is 0 Å². The second-order valence-corrected chi connectivity index (χ2v) is 3.88. The number of H-pyrrole nitrogens is 1. The van der Waals surface area contributed by atoms with E-state index in [1.807, 2.05) is 30.3 Å². The van der Waals surface area contributed by atoms with E-state index in [0.717, 1.165) is 5.56 Å². The Bertz CT molecular complexity index is 500. The molecule has 0 aliphatic heterocycles. The molecule has 17 heavy (non-hydrogen) atoms. The van der Waals surface area contributed by atoms with Crippen LogP contribution in [-0.4, -0.2) is 16.6 Å². The minimum Gasteiger partial charge on any atom is -0.359 e. The lowest BCUT2D eigenvalue weighted by atomic mass is 10.0. The third kappa shape index (κ3) is 3.14. The van der Waals surface area contributed by atoms with Crippen LogP contribution < -0.4 is 0 Å². The third-order valence-corrected chi connectivity index (χ3v) is 2.50. The number of Topliss-reactive ketones (excluding diaryl/α,β-unsaturated/α-hetero) is 2. The van der Waals surface area contributed by atoms with Crippen LogP contribution in [0.15, 0.2) is 48.7 Å². The maximum absolute atomic E-state index is 11.7. The highest BCUT2D eigenvalue weighted by Gasteiger charge is 2.12. The number of ketones is 2. The Labute approximate surface area is 99.5 Å². The quantitative estimate of drug-likeness (QED) is 0.630. The van der Waals surface area contributed by atoms with Gasteiger partial charge in [0.2, 0.25) is 0 Å². The number of rotatable bonds is 5. The summed E-state index contributed by atoms with van der Waals surface area (Å²) in [5.74, 6) is -0.216. The summed E-state index contributed by atoms with van der Waals surface area (Å²) in [7, 11) is 0. The van der Waals surface area contributed by atoms with Crippen molar-refractivity contribution < 1.29 is 9.59 Å². The molecule has 3 heteroatoms. The first-order valence-corrected chi connectivity index (χ1v) is 5.48. The summed E-state index contributed by atoms with van der Waals surface area (Å²) in [6.07, 6.45) is 1.94. The molecule has 0 fully saturated rings. The SMILES string of the molecule is O=C(CC(=O)c1ccc[nH]1)Cc1ccccc1. The van der Waals surface area contributed by atoms with Gasteiger partial charge in [0.1, 0.15) is 5.78 Å². The minimum atomic E-state index is -0.157. The van der Waals surface area contributed by atoms with Crippen molar-refractivity contribution in [3.8, 4) is 0 Å². The standard InChI is InChI=1S/C14H13NO2/c16-12(9-11-5-2-1-3-6-11)10-14(17)13-7-4-8-15-13/h1-8,15H,9-10H2. The maximum Gasteiger partial charge on any atom is 0.186 e. The van der Waals surface area contributed by atoms with Crippen molar-refractivity contribution in [2.75, 3.05) is 0 Å². The molecule has 0 saturated carbocycles. The Morgan fingerprint density at radius 3 is 2.41 bits per heavy atom. The average Bonchev–Trinajstić information content (AvgIpc) is 2.83. The number of benzene rings is 1. The van der Waals surface area contributed by atoms with Gasteiger partial charge in [0, 0.05) is 12.6 Å². The number of nitrogens with one attached hydrogen (secondary N) is 1. The number of hydrogen-bond donors (Lipinski definition) is 1. The first-order valence-electron chi connectivity index (χ1n) is 5.48. The van der Waals surface area contributed by atoms with Crippen molar-refractivity contribution in [1.29, 1.82) is 0 Å². The predicted octanol–water partition coefficient (Wildman–Crippen LogP) is 2.40. The molecule has 0 atom stereocenters. The van der Waals surface area contributed by atoms with Crippen molar-refractivity contribution in [2.45, 2.75) is 12.8 Å². The van der Waals surface area contributed by atoms with Gasteiger partial charge in [-0.25, -0.2) is 0 Å². The van der Waals surface area contributed by atoms with E-state index in [4.69, 9.17) is 0 Å². The molecule has 86 valence electrons. The van der Waals surface area contributed by atoms with Gasteiger partial charge in [0.15, 0.2) is 5.78 Å². The van der Waals surface area contributed by atoms with E-state index in [1.165, 1.54) is 0 Å². The number of hydrogen-bond acceptors (Lipinski definition) is 2. The van der Waals surface area contributed by atoms with Gasteiger partial charge in [0.05, 0.1) is 12.1 Å². The van der Waals surface area contributed by atoms with E-state index in [2.05, 4.69) is 4.98 Å². The van der Waals surface area contributed by atoms with Crippen LogP contribution in [0.2, 0.25) is 0 Å². The first kappa shape index (κ1) is 11.3. The van der Waals surface area contributed by atoms with Crippen LogP contribution >= 0.6 is 0 Å². The maximum atomic E-state index is 11.7. The summed E-state index contributed by atoms with van der Waals surface area (Å²) in [5, 5.41) is 0. The van der Waals surface area contributed by atoms with Crippen LogP contribution in [0.3, 0.4) is 0 Å². The van der Waals surface area contributed by atoms with E-state index in [1.54, 1.807) is 18.3 Å². The summed E-state index contributed by atoms with van der Waals surface area (Å²) in [6.45, 7) is 0. The van der Waals surface area contributed by atoms with Gasteiger partial charge in [-0.3, -0.25) is 9.59 Å². The van der Waals surface area contributed by atoms with E-state index in [0.29, 0.717) is 12.1 Å². The van der Waals surface area contributed by atoms with E-state index < -0.39 is 0 Å². The van der Waals surface area contributed by atoms with Crippen LogP contribution in [0.4, 0.5) is 0 Å². The van der Waals surface area contributed by atoms with Gasteiger partial charge in [0.25, 0.3) is 0 Å². The molecule has 0 spiro atoms. The van der Waals surface area contributed by atoms with Crippen molar-refractivity contribution in [3.63, 3.8) is 0 Å². The lowest BCUT2D eigenvalue weighted by molar-refractivity contribution is -0.117. The molecular formula is C14H13NO2. The van der Waals surface area contributed by atoms with E-state index in [-0.39, 0.29) is 18.0 Å². The van der Waals surface area contributed by atoms with Gasteiger partial charge in [-0.1, -0.05) is 30.3 Å². The second kappa shape index (κ2) is 5.25. The van der Waals surface area contributed by atoms with E-state index >= 15 is 0 Å². The fraction of sp³-hybridized carbons (Fsp3) is 0.143. The molecule has 1 heterocycles. The van der Waals surface area contributed by atoms with Crippen molar-refractivity contribution in [1.82, 2.24) is 4.98 Å². The zero-order valence-corrected chi connectivity index (χ0v) is 9.35. The highest BCUT2D eigenvalue weighted by molar-refractivity contribution is 6.07. The molecule has 0 unspecified atom stereocenters. The average molecular weight is 227 g/mol. The molecule has 0 aliphatic carbocycles. The van der Waals surface area contributed by atoms with E-state index in [9.17, 15) is 9.59 Å². The molecular weight excluding hydrogens is 214 g/mol. The molecule has 2 rings (SSSR count). The molecule has 2 aromatic rings. The Morgan fingerprint density at radius 2 is 1.76 bits per heavy atom. The Morgan fingerprint density at radius 1 is 1.00 bits per heavy atom. The smallest absolute Gasteiger partial charge is 0.186 e. The van der Waals surface area contributed by atoms with Crippen LogP contribution in [0.1, 0.15) is 22.5 Å². The van der Waals surface area contributed by atoms with Gasteiger partial charge >= 0.3 is 0 Å². The summed E-state index contributed by atoms with van der Waals surface area (Å²) in [6, 6.07) is 12.9. The van der Waals surface area contributed by atoms with Gasteiger partial charge < -0.3 is 4.98 Å². The van der Waals surface area contributed by atoms with Crippen LogP contribution in [-0.2, 0) is 11.2 Å². The number of aromatic amines is 1. The lowest BCUT2D eigenvalue weighted by Crippen LogP contribution is -2.10. The Balaban J connectivity index is 1.92. The van der Waals surface area contributed by atoms with Crippen molar-refractivity contribution in [3.05, 3.63) is 59.9 Å². The second-order valence-electron chi connectivity index (χ2n) is 3.88. The largest absolute Gasteiger partial charge is 0.359 e. The summed E-state index contributed by atoms with van der Waals surface area (Å²) in [5.41, 5.74) is 1.43. The molecule has 1 aromatic heterocycles. The first-order chi connectivity index (χ1) is 8.25. The monoisotopic (exact) mass is 227 g/mol. The van der Waals surface area contributed by atoms with Gasteiger partial charge in [-0.05, 0) is 17.7 Å². The Hall–Kier alpha value is -2.16. The molecule has 0 saturated heterocycles. The minimum absolute atomic E-state index is 0.0462. The van der Waals surface area contributed by atoms with Gasteiger partial charge in [-0.2, -0.15) is 0 Å². The molecule has 0 radical (unpaired) electrons. The molecule has 0 bridgehead atoms.